The molecule has 1 aliphatic carbocycles. The normalized spacial score (nSPS) is 18.8. The number of nitriles is 1. The summed E-state index contributed by atoms with van der Waals surface area (Å²) >= 11 is 0. The highest BCUT2D eigenvalue weighted by Crippen LogP contribution is 2.40. The van der Waals surface area contributed by atoms with Gasteiger partial charge in [-0.15, -0.1) is 0 Å². The first kappa shape index (κ1) is 16.8. The molecule has 0 aromatic carbocycles. The van der Waals surface area contributed by atoms with Gasteiger partial charge < -0.3 is 9.42 Å². The van der Waals surface area contributed by atoms with Crippen molar-refractivity contribution in [2.75, 3.05) is 18.0 Å². The van der Waals surface area contributed by atoms with Gasteiger partial charge >= 0.3 is 6.18 Å². The molecule has 26 heavy (non-hydrogen) atoms. The van der Waals surface area contributed by atoms with E-state index in [9.17, 15) is 18.4 Å². The molecule has 2 fully saturated rings. The molecule has 136 valence electrons. The molecule has 0 amide bonds. The first-order valence-corrected chi connectivity index (χ1v) is 8.52. The lowest BCUT2D eigenvalue weighted by molar-refractivity contribution is -0.141. The number of alkyl halides is 3. The van der Waals surface area contributed by atoms with E-state index >= 15 is 0 Å². The first-order chi connectivity index (χ1) is 12.5. The van der Waals surface area contributed by atoms with Crippen molar-refractivity contribution in [3.63, 3.8) is 0 Å². The average molecular weight is 363 g/mol. The third kappa shape index (κ3) is 3.23. The largest absolute Gasteiger partial charge is 0.433 e. The number of hydrogen-bond donors (Lipinski definition) is 0. The fraction of sp³-hybridized carbons (Fsp3) is 0.529. The summed E-state index contributed by atoms with van der Waals surface area (Å²) in [4.78, 5) is 9.89. The van der Waals surface area contributed by atoms with E-state index in [1.807, 2.05) is 6.07 Å². The van der Waals surface area contributed by atoms with Crippen molar-refractivity contribution in [2.24, 2.45) is 0 Å². The molecular weight excluding hydrogens is 347 g/mol. The minimum absolute atomic E-state index is 0.0903. The lowest BCUT2D eigenvalue weighted by Crippen LogP contribution is -2.34. The average Bonchev–Trinajstić information content (AvgIpc) is 3.37. The Balaban J connectivity index is 1.49. The molecular formula is C17H16F3N5O. The zero-order valence-electron chi connectivity index (χ0n) is 13.8. The van der Waals surface area contributed by atoms with Gasteiger partial charge in [0.25, 0.3) is 0 Å². The second kappa shape index (κ2) is 6.27. The lowest BCUT2D eigenvalue weighted by Gasteiger charge is -2.32. The summed E-state index contributed by atoms with van der Waals surface area (Å²) in [6, 6.07) is 3.95. The van der Waals surface area contributed by atoms with Gasteiger partial charge in [0, 0.05) is 24.9 Å². The van der Waals surface area contributed by atoms with Gasteiger partial charge in [-0.1, -0.05) is 5.16 Å². The Morgan fingerprint density at radius 1 is 1.08 bits per heavy atom. The molecule has 0 spiro atoms. The second-order valence-electron chi connectivity index (χ2n) is 6.70. The van der Waals surface area contributed by atoms with Crippen LogP contribution in [-0.4, -0.2) is 28.2 Å². The summed E-state index contributed by atoms with van der Waals surface area (Å²) in [5.41, 5.74) is -0.840. The molecule has 1 saturated carbocycles. The number of anilines is 1. The summed E-state index contributed by atoms with van der Waals surface area (Å²) in [6.45, 7) is 0.974. The summed E-state index contributed by atoms with van der Waals surface area (Å²) in [5.74, 6) is 1.95. The van der Waals surface area contributed by atoms with Crippen molar-refractivity contribution in [1.82, 2.24) is 15.1 Å². The van der Waals surface area contributed by atoms with E-state index in [1.54, 1.807) is 4.90 Å². The van der Waals surface area contributed by atoms with Crippen LogP contribution >= 0.6 is 0 Å². The van der Waals surface area contributed by atoms with E-state index < -0.39 is 11.9 Å². The van der Waals surface area contributed by atoms with Crippen molar-refractivity contribution < 1.29 is 17.7 Å². The van der Waals surface area contributed by atoms with Crippen LogP contribution < -0.4 is 4.90 Å². The van der Waals surface area contributed by atoms with Crippen molar-refractivity contribution in [1.29, 1.82) is 5.26 Å². The Morgan fingerprint density at radius 3 is 2.42 bits per heavy atom. The summed E-state index contributed by atoms with van der Waals surface area (Å²) in [7, 11) is 0. The van der Waals surface area contributed by atoms with Crippen LogP contribution in [0.5, 0.6) is 0 Å². The van der Waals surface area contributed by atoms with Crippen LogP contribution in [0.25, 0.3) is 0 Å². The second-order valence-corrected chi connectivity index (χ2v) is 6.70. The van der Waals surface area contributed by atoms with Gasteiger partial charge in [-0.05, 0) is 37.8 Å². The summed E-state index contributed by atoms with van der Waals surface area (Å²) in [5, 5.41) is 13.3. The quantitative estimate of drug-likeness (QED) is 0.829. The topological polar surface area (TPSA) is 78.8 Å². The molecule has 1 aliphatic heterocycles. The van der Waals surface area contributed by atoms with E-state index in [2.05, 4.69) is 15.1 Å². The van der Waals surface area contributed by atoms with Crippen LogP contribution in [0.4, 0.5) is 19.0 Å². The SMILES string of the molecule is N#Cc1ccc(C(F)(F)F)nc1N1CCC(c2noc(C3CC3)n2)CC1. The minimum atomic E-state index is -4.54. The van der Waals surface area contributed by atoms with E-state index in [1.165, 1.54) is 6.07 Å². The third-order valence-corrected chi connectivity index (χ3v) is 4.83. The Bertz CT molecular complexity index is 845. The van der Waals surface area contributed by atoms with E-state index in [-0.39, 0.29) is 17.3 Å². The van der Waals surface area contributed by atoms with Crippen molar-refractivity contribution >= 4 is 5.82 Å². The highest BCUT2D eigenvalue weighted by atomic mass is 19.4. The van der Waals surface area contributed by atoms with Gasteiger partial charge in [0.2, 0.25) is 5.89 Å². The van der Waals surface area contributed by atoms with Crippen molar-refractivity contribution in [3.05, 3.63) is 35.1 Å². The maximum absolute atomic E-state index is 12.9. The Hall–Kier alpha value is -2.63. The lowest BCUT2D eigenvalue weighted by atomic mass is 9.96. The van der Waals surface area contributed by atoms with Crippen molar-refractivity contribution in [3.8, 4) is 6.07 Å². The van der Waals surface area contributed by atoms with Crippen LogP contribution in [0.1, 0.15) is 60.5 Å². The summed E-state index contributed by atoms with van der Waals surface area (Å²) < 4.78 is 44.1. The fourth-order valence-electron chi connectivity index (χ4n) is 3.19. The molecule has 0 radical (unpaired) electrons. The predicted molar refractivity (Wildman–Crippen MR) is 84.4 cm³/mol. The minimum Gasteiger partial charge on any atom is -0.355 e. The Labute approximate surface area is 147 Å². The number of halogens is 3. The molecule has 0 N–H and O–H groups in total. The first-order valence-electron chi connectivity index (χ1n) is 8.52. The molecule has 9 heteroatoms. The standard InChI is InChI=1S/C17H16F3N5O/c18-17(19,20)13-4-3-12(9-21)15(22-13)25-7-5-10(6-8-25)14-23-16(26-24-14)11-1-2-11/h3-4,10-11H,1-2,5-8H2. The molecule has 2 aliphatic rings. The van der Waals surface area contributed by atoms with Crippen molar-refractivity contribution in [2.45, 2.75) is 43.7 Å². The van der Waals surface area contributed by atoms with Gasteiger partial charge in [0.05, 0.1) is 5.56 Å². The Kier molecular flexibility index (Phi) is 4.05. The summed E-state index contributed by atoms with van der Waals surface area (Å²) in [6.07, 6.45) is -1.03. The van der Waals surface area contributed by atoms with Gasteiger partial charge in [-0.25, -0.2) is 4.98 Å². The molecule has 2 aromatic rings. The maximum atomic E-state index is 12.9. The van der Waals surface area contributed by atoms with Crippen LogP contribution in [0.15, 0.2) is 16.7 Å². The smallest absolute Gasteiger partial charge is 0.355 e. The Morgan fingerprint density at radius 2 is 1.81 bits per heavy atom. The molecule has 1 saturated heterocycles. The zero-order chi connectivity index (χ0) is 18.3. The molecule has 0 bridgehead atoms. The fourth-order valence-corrected chi connectivity index (χ4v) is 3.19. The number of nitrogens with zero attached hydrogens (tertiary/aromatic N) is 5. The number of aromatic nitrogens is 3. The van der Waals surface area contributed by atoms with Gasteiger partial charge in [0.15, 0.2) is 5.82 Å². The molecule has 0 atom stereocenters. The zero-order valence-corrected chi connectivity index (χ0v) is 13.8. The molecule has 6 nitrogen and oxygen atoms in total. The van der Waals surface area contributed by atoms with E-state index in [4.69, 9.17) is 4.52 Å². The van der Waals surface area contributed by atoms with Gasteiger partial charge in [-0.2, -0.15) is 23.4 Å². The van der Waals surface area contributed by atoms with Crippen LogP contribution in [0.3, 0.4) is 0 Å². The van der Waals surface area contributed by atoms with Gasteiger partial charge in [-0.3, -0.25) is 0 Å². The third-order valence-electron chi connectivity index (χ3n) is 4.83. The number of rotatable bonds is 3. The maximum Gasteiger partial charge on any atom is 0.433 e. The van der Waals surface area contributed by atoms with Crippen LogP contribution in [0, 0.1) is 11.3 Å². The molecule has 0 unspecified atom stereocenters. The highest BCUT2D eigenvalue weighted by Gasteiger charge is 2.35. The van der Waals surface area contributed by atoms with E-state index in [0.717, 1.165) is 18.9 Å². The number of pyridine rings is 1. The predicted octanol–water partition coefficient (Wildman–Crippen LogP) is 3.62. The number of hydrogen-bond acceptors (Lipinski definition) is 6. The highest BCUT2D eigenvalue weighted by molar-refractivity contribution is 5.55. The van der Waals surface area contributed by atoms with Crippen LogP contribution in [-0.2, 0) is 6.18 Å². The van der Waals surface area contributed by atoms with E-state index in [0.29, 0.717) is 43.6 Å². The monoisotopic (exact) mass is 363 g/mol. The molecule has 3 heterocycles. The number of piperidine rings is 1. The van der Waals surface area contributed by atoms with Gasteiger partial charge in [0.1, 0.15) is 17.6 Å². The molecule has 4 rings (SSSR count). The molecule has 2 aromatic heterocycles. The van der Waals surface area contributed by atoms with Crippen LogP contribution in [0.2, 0.25) is 0 Å².